The van der Waals surface area contributed by atoms with Crippen LogP contribution in [0.1, 0.15) is 43.4 Å². The topological polar surface area (TPSA) is 20.2 Å². The lowest BCUT2D eigenvalue weighted by Gasteiger charge is -2.14. The van der Waals surface area contributed by atoms with E-state index >= 15 is 0 Å². The average Bonchev–Trinajstić information content (AvgIpc) is 2.24. The number of aliphatic hydroxyl groups is 1. The van der Waals surface area contributed by atoms with Gasteiger partial charge in [-0.2, -0.15) is 13.2 Å². The van der Waals surface area contributed by atoms with E-state index in [9.17, 15) is 18.3 Å². The molecule has 0 saturated heterocycles. The first-order valence-electron chi connectivity index (χ1n) is 5.76. The highest BCUT2D eigenvalue weighted by Crippen LogP contribution is 2.29. The van der Waals surface area contributed by atoms with Crippen LogP contribution in [0.2, 0.25) is 0 Å². The second-order valence-electron chi connectivity index (χ2n) is 4.18. The standard InChI is InChI=1S/C13H17F3O/c1-2-3-5-10-6-4-7-11(8-10)12(17)9-13(14,15)16/h4,6-8,12,17H,2-3,5,9H2,1H3. The smallest absolute Gasteiger partial charge is 0.388 e. The van der Waals surface area contributed by atoms with Crippen LogP contribution in [0, 0.1) is 0 Å². The van der Waals surface area contributed by atoms with Crippen molar-refractivity contribution in [2.24, 2.45) is 0 Å². The fraction of sp³-hybridized carbons (Fsp3) is 0.538. The molecular weight excluding hydrogens is 229 g/mol. The third kappa shape index (κ3) is 5.22. The summed E-state index contributed by atoms with van der Waals surface area (Å²) in [5, 5.41) is 9.49. The van der Waals surface area contributed by atoms with Crippen LogP contribution in [-0.2, 0) is 6.42 Å². The molecule has 0 amide bonds. The van der Waals surface area contributed by atoms with E-state index in [4.69, 9.17) is 0 Å². The number of benzene rings is 1. The Morgan fingerprint density at radius 1 is 1.29 bits per heavy atom. The van der Waals surface area contributed by atoms with E-state index in [0.717, 1.165) is 24.8 Å². The minimum absolute atomic E-state index is 0.343. The number of aliphatic hydroxyl groups excluding tert-OH is 1. The van der Waals surface area contributed by atoms with Crippen molar-refractivity contribution in [2.75, 3.05) is 0 Å². The number of unbranched alkanes of at least 4 members (excludes halogenated alkanes) is 1. The predicted octanol–water partition coefficient (Wildman–Crippen LogP) is 4.02. The first-order chi connectivity index (χ1) is 7.92. The maximum absolute atomic E-state index is 12.1. The van der Waals surface area contributed by atoms with Gasteiger partial charge in [0.15, 0.2) is 0 Å². The summed E-state index contributed by atoms with van der Waals surface area (Å²) in [4.78, 5) is 0. The maximum Gasteiger partial charge on any atom is 0.391 e. The number of halogens is 3. The average molecular weight is 246 g/mol. The maximum atomic E-state index is 12.1. The molecular formula is C13H17F3O. The summed E-state index contributed by atoms with van der Waals surface area (Å²) in [5.41, 5.74) is 1.32. The van der Waals surface area contributed by atoms with Gasteiger partial charge in [-0.1, -0.05) is 37.6 Å². The monoisotopic (exact) mass is 246 g/mol. The molecule has 0 aromatic heterocycles. The van der Waals surface area contributed by atoms with Gasteiger partial charge >= 0.3 is 6.18 Å². The molecule has 0 radical (unpaired) electrons. The zero-order valence-electron chi connectivity index (χ0n) is 9.80. The molecule has 1 N–H and O–H groups in total. The summed E-state index contributed by atoms with van der Waals surface area (Å²) >= 11 is 0. The van der Waals surface area contributed by atoms with Crippen LogP contribution >= 0.6 is 0 Å². The summed E-state index contributed by atoms with van der Waals surface area (Å²) < 4.78 is 36.4. The van der Waals surface area contributed by atoms with Gasteiger partial charge < -0.3 is 5.11 Å². The Kier molecular flexibility index (Phi) is 5.00. The van der Waals surface area contributed by atoms with Crippen molar-refractivity contribution in [3.8, 4) is 0 Å². The Morgan fingerprint density at radius 3 is 2.59 bits per heavy atom. The molecule has 4 heteroatoms. The predicted molar refractivity (Wildman–Crippen MR) is 60.7 cm³/mol. The molecule has 17 heavy (non-hydrogen) atoms. The molecule has 0 saturated carbocycles. The lowest BCUT2D eigenvalue weighted by molar-refractivity contribution is -0.154. The van der Waals surface area contributed by atoms with Gasteiger partial charge in [0.2, 0.25) is 0 Å². The van der Waals surface area contributed by atoms with Crippen molar-refractivity contribution in [3.63, 3.8) is 0 Å². The first kappa shape index (κ1) is 14.0. The van der Waals surface area contributed by atoms with Gasteiger partial charge in [0.25, 0.3) is 0 Å². The molecule has 0 aliphatic rings. The third-order valence-electron chi connectivity index (χ3n) is 2.58. The van der Waals surface area contributed by atoms with E-state index < -0.39 is 18.7 Å². The van der Waals surface area contributed by atoms with Gasteiger partial charge in [0.05, 0.1) is 12.5 Å². The summed E-state index contributed by atoms with van der Waals surface area (Å²) in [5.74, 6) is 0. The highest BCUT2D eigenvalue weighted by Gasteiger charge is 2.31. The highest BCUT2D eigenvalue weighted by atomic mass is 19.4. The molecule has 0 heterocycles. The normalized spacial score (nSPS) is 13.7. The SMILES string of the molecule is CCCCc1cccc(C(O)CC(F)(F)F)c1. The lowest BCUT2D eigenvalue weighted by atomic mass is 10.0. The highest BCUT2D eigenvalue weighted by molar-refractivity contribution is 5.25. The van der Waals surface area contributed by atoms with Gasteiger partial charge in [-0.15, -0.1) is 0 Å². The van der Waals surface area contributed by atoms with Gasteiger partial charge in [0.1, 0.15) is 0 Å². The Hall–Kier alpha value is -1.03. The van der Waals surface area contributed by atoms with Gasteiger partial charge in [-0.25, -0.2) is 0 Å². The van der Waals surface area contributed by atoms with Crippen molar-refractivity contribution in [3.05, 3.63) is 35.4 Å². The first-order valence-corrected chi connectivity index (χ1v) is 5.76. The molecule has 0 bridgehead atoms. The largest absolute Gasteiger partial charge is 0.391 e. The summed E-state index contributed by atoms with van der Waals surface area (Å²) in [6, 6.07) is 6.76. The van der Waals surface area contributed by atoms with Gasteiger partial charge in [-0.3, -0.25) is 0 Å². The van der Waals surface area contributed by atoms with Crippen molar-refractivity contribution in [1.29, 1.82) is 0 Å². The van der Waals surface area contributed by atoms with E-state index in [-0.39, 0.29) is 0 Å². The molecule has 0 fully saturated rings. The number of aryl methyl sites for hydroxylation is 1. The van der Waals surface area contributed by atoms with E-state index in [2.05, 4.69) is 6.92 Å². The molecule has 1 nitrogen and oxygen atoms in total. The number of alkyl halides is 3. The number of rotatable bonds is 5. The Balaban J connectivity index is 2.70. The van der Waals surface area contributed by atoms with Crippen LogP contribution < -0.4 is 0 Å². The van der Waals surface area contributed by atoms with Crippen molar-refractivity contribution in [2.45, 2.75) is 44.9 Å². The second-order valence-corrected chi connectivity index (χ2v) is 4.18. The third-order valence-corrected chi connectivity index (χ3v) is 2.58. The van der Waals surface area contributed by atoms with Crippen LogP contribution in [0.3, 0.4) is 0 Å². The van der Waals surface area contributed by atoms with Crippen LogP contribution in [-0.4, -0.2) is 11.3 Å². The fourth-order valence-electron chi connectivity index (χ4n) is 1.67. The van der Waals surface area contributed by atoms with Crippen LogP contribution in [0.25, 0.3) is 0 Å². The Bertz CT molecular complexity index is 347. The molecule has 1 unspecified atom stereocenters. The van der Waals surface area contributed by atoms with Gasteiger partial charge in [0, 0.05) is 0 Å². The fourth-order valence-corrected chi connectivity index (χ4v) is 1.67. The van der Waals surface area contributed by atoms with Crippen molar-refractivity contribution in [1.82, 2.24) is 0 Å². The minimum Gasteiger partial charge on any atom is -0.388 e. The van der Waals surface area contributed by atoms with Gasteiger partial charge in [-0.05, 0) is 24.0 Å². The lowest BCUT2D eigenvalue weighted by Crippen LogP contribution is -2.13. The molecule has 0 spiro atoms. The summed E-state index contributed by atoms with van der Waals surface area (Å²) in [7, 11) is 0. The van der Waals surface area contributed by atoms with Crippen LogP contribution in [0.15, 0.2) is 24.3 Å². The number of hydrogen-bond acceptors (Lipinski definition) is 1. The van der Waals surface area contributed by atoms with Crippen molar-refractivity contribution < 1.29 is 18.3 Å². The van der Waals surface area contributed by atoms with E-state index in [1.807, 2.05) is 6.07 Å². The Labute approximate surface area is 99.3 Å². The number of hydrogen-bond donors (Lipinski definition) is 1. The molecule has 1 aromatic rings. The van der Waals surface area contributed by atoms with Crippen molar-refractivity contribution >= 4 is 0 Å². The zero-order chi connectivity index (χ0) is 12.9. The molecule has 0 aliphatic heterocycles. The molecule has 0 aliphatic carbocycles. The van der Waals surface area contributed by atoms with Crippen LogP contribution in [0.5, 0.6) is 0 Å². The molecule has 96 valence electrons. The van der Waals surface area contributed by atoms with E-state index in [1.54, 1.807) is 12.1 Å². The zero-order valence-corrected chi connectivity index (χ0v) is 9.80. The Morgan fingerprint density at radius 2 is 2.00 bits per heavy atom. The van der Waals surface area contributed by atoms with Crippen LogP contribution in [0.4, 0.5) is 13.2 Å². The summed E-state index contributed by atoms with van der Waals surface area (Å²) in [6.45, 7) is 2.06. The quantitative estimate of drug-likeness (QED) is 0.832. The summed E-state index contributed by atoms with van der Waals surface area (Å²) in [6.07, 6.45) is -4.11. The molecule has 1 aromatic carbocycles. The molecule has 1 rings (SSSR count). The van der Waals surface area contributed by atoms with E-state index in [1.165, 1.54) is 6.07 Å². The second kappa shape index (κ2) is 6.05. The van der Waals surface area contributed by atoms with E-state index in [0.29, 0.717) is 5.56 Å². The minimum atomic E-state index is -4.33. The molecule has 1 atom stereocenters.